The van der Waals surface area contributed by atoms with Gasteiger partial charge in [0.2, 0.25) is 0 Å². The van der Waals surface area contributed by atoms with E-state index in [0.29, 0.717) is 23.7 Å². The Morgan fingerprint density at radius 3 is 2.31 bits per heavy atom. The molecular formula is C13H23BrO2. The molecule has 1 saturated carbocycles. The Labute approximate surface area is 107 Å². The third-order valence-electron chi connectivity index (χ3n) is 3.98. The normalized spacial score (nSPS) is 38.1. The number of hydrogen-bond donors (Lipinski definition) is 0. The average Bonchev–Trinajstić information content (AvgIpc) is 2.15. The van der Waals surface area contributed by atoms with Crippen molar-refractivity contribution < 1.29 is 9.47 Å². The van der Waals surface area contributed by atoms with Gasteiger partial charge in [0.15, 0.2) is 0 Å². The van der Waals surface area contributed by atoms with E-state index in [2.05, 4.69) is 29.8 Å². The fourth-order valence-electron chi connectivity index (χ4n) is 2.77. The highest BCUT2D eigenvalue weighted by atomic mass is 79.9. The van der Waals surface area contributed by atoms with Crippen LogP contribution in [0.5, 0.6) is 0 Å². The molecule has 0 N–H and O–H groups in total. The quantitative estimate of drug-likeness (QED) is 0.738. The lowest BCUT2D eigenvalue weighted by atomic mass is 9.71. The van der Waals surface area contributed by atoms with E-state index in [4.69, 9.17) is 9.47 Å². The molecule has 0 aromatic carbocycles. The van der Waals surface area contributed by atoms with Gasteiger partial charge < -0.3 is 9.47 Å². The van der Waals surface area contributed by atoms with Crippen molar-refractivity contribution in [3.8, 4) is 0 Å². The van der Waals surface area contributed by atoms with Gasteiger partial charge >= 0.3 is 0 Å². The molecular weight excluding hydrogens is 268 g/mol. The van der Waals surface area contributed by atoms with Crippen LogP contribution in [0, 0.1) is 5.41 Å². The number of ether oxygens (including phenoxy) is 2. The predicted molar refractivity (Wildman–Crippen MR) is 69.1 cm³/mol. The molecule has 0 aromatic heterocycles. The maximum Gasteiger partial charge on any atom is 0.0624 e. The molecule has 0 aromatic rings. The second-order valence-corrected chi connectivity index (χ2v) is 6.21. The molecule has 1 aliphatic heterocycles. The van der Waals surface area contributed by atoms with Crippen molar-refractivity contribution >= 4 is 15.9 Å². The Hall–Kier alpha value is 0.400. The van der Waals surface area contributed by atoms with Crippen LogP contribution in [0.15, 0.2) is 0 Å². The number of alkyl halides is 1. The molecule has 2 unspecified atom stereocenters. The summed E-state index contributed by atoms with van der Waals surface area (Å²) in [5.74, 6) is 0. The lowest BCUT2D eigenvalue weighted by Crippen LogP contribution is -2.40. The second kappa shape index (κ2) is 5.36. The van der Waals surface area contributed by atoms with Crippen LogP contribution >= 0.6 is 15.9 Å². The topological polar surface area (TPSA) is 18.5 Å². The van der Waals surface area contributed by atoms with Crippen LogP contribution in [0.3, 0.4) is 0 Å². The summed E-state index contributed by atoms with van der Waals surface area (Å²) in [7, 11) is 0. The minimum Gasteiger partial charge on any atom is -0.377 e. The van der Waals surface area contributed by atoms with E-state index in [1.54, 1.807) is 0 Å². The fourth-order valence-corrected chi connectivity index (χ4v) is 3.49. The van der Waals surface area contributed by atoms with Crippen LogP contribution in [-0.2, 0) is 9.47 Å². The first-order valence-corrected chi connectivity index (χ1v) is 7.59. The van der Waals surface area contributed by atoms with Gasteiger partial charge in [0.25, 0.3) is 0 Å². The van der Waals surface area contributed by atoms with Crippen molar-refractivity contribution in [2.45, 2.75) is 64.3 Å². The van der Waals surface area contributed by atoms with Crippen LogP contribution < -0.4 is 0 Å². The summed E-state index contributed by atoms with van der Waals surface area (Å²) in [5, 5.41) is 1.09. The molecule has 16 heavy (non-hydrogen) atoms. The van der Waals surface area contributed by atoms with E-state index in [9.17, 15) is 0 Å². The van der Waals surface area contributed by atoms with Crippen LogP contribution in [-0.4, -0.2) is 30.2 Å². The highest BCUT2D eigenvalue weighted by molar-refractivity contribution is 9.09. The van der Waals surface area contributed by atoms with Gasteiger partial charge in [-0.15, -0.1) is 0 Å². The molecule has 0 radical (unpaired) electrons. The summed E-state index contributed by atoms with van der Waals surface area (Å²) in [4.78, 5) is 0. The first-order valence-electron chi connectivity index (χ1n) is 6.46. The first kappa shape index (κ1) is 12.8. The molecule has 2 nitrogen and oxygen atoms in total. The van der Waals surface area contributed by atoms with Gasteiger partial charge in [0.1, 0.15) is 0 Å². The van der Waals surface area contributed by atoms with Crippen molar-refractivity contribution in [3.63, 3.8) is 0 Å². The van der Waals surface area contributed by atoms with Crippen LogP contribution in [0.1, 0.15) is 46.0 Å². The minimum absolute atomic E-state index is 0.357. The van der Waals surface area contributed by atoms with Crippen molar-refractivity contribution in [1.82, 2.24) is 0 Å². The van der Waals surface area contributed by atoms with Gasteiger partial charge in [0.05, 0.1) is 24.9 Å². The molecule has 2 fully saturated rings. The summed E-state index contributed by atoms with van der Waals surface area (Å²) in [6.07, 6.45) is 7.26. The van der Waals surface area contributed by atoms with E-state index < -0.39 is 0 Å². The summed E-state index contributed by atoms with van der Waals surface area (Å²) in [5.41, 5.74) is 0.449. The maximum absolute atomic E-state index is 6.11. The van der Waals surface area contributed by atoms with Crippen molar-refractivity contribution in [2.24, 2.45) is 5.41 Å². The van der Waals surface area contributed by atoms with Crippen molar-refractivity contribution in [1.29, 1.82) is 0 Å². The molecule has 1 aliphatic carbocycles. The zero-order valence-corrected chi connectivity index (χ0v) is 12.0. The number of hydrogen-bond acceptors (Lipinski definition) is 2. The van der Waals surface area contributed by atoms with Gasteiger partial charge in [-0.05, 0) is 39.5 Å². The Kier molecular flexibility index (Phi) is 4.31. The van der Waals surface area contributed by atoms with Crippen LogP contribution in [0.25, 0.3) is 0 Å². The predicted octanol–water partition coefficient (Wildman–Crippen LogP) is 3.52. The molecule has 94 valence electrons. The lowest BCUT2D eigenvalue weighted by molar-refractivity contribution is -0.121. The smallest absolute Gasteiger partial charge is 0.0624 e. The summed E-state index contributed by atoms with van der Waals surface area (Å²) in [6, 6.07) is 0. The van der Waals surface area contributed by atoms with E-state index in [-0.39, 0.29) is 0 Å². The second-order valence-electron chi connectivity index (χ2n) is 5.65. The zero-order chi connectivity index (χ0) is 11.6. The maximum atomic E-state index is 6.11. The van der Waals surface area contributed by atoms with Gasteiger partial charge in [-0.3, -0.25) is 0 Å². The first-order chi connectivity index (χ1) is 7.63. The Morgan fingerprint density at radius 2 is 1.88 bits per heavy atom. The third-order valence-corrected chi connectivity index (χ3v) is 5.17. The number of halogens is 1. The SMILES string of the molecule is CC1CC(OCC2(CBr)CCC2)CC(C)O1. The van der Waals surface area contributed by atoms with Crippen molar-refractivity contribution in [3.05, 3.63) is 0 Å². The van der Waals surface area contributed by atoms with Crippen LogP contribution in [0.2, 0.25) is 0 Å². The Balaban J connectivity index is 1.76. The molecule has 1 heterocycles. The standard InChI is InChI=1S/C13H23BrO2/c1-10-6-12(7-11(2)16-10)15-9-13(8-14)4-3-5-13/h10-12H,3-9H2,1-2H3. The molecule has 3 heteroatoms. The number of rotatable bonds is 4. The van der Waals surface area contributed by atoms with E-state index in [0.717, 1.165) is 24.8 Å². The minimum atomic E-state index is 0.357. The largest absolute Gasteiger partial charge is 0.377 e. The molecule has 1 saturated heterocycles. The summed E-state index contributed by atoms with van der Waals surface area (Å²) < 4.78 is 11.8. The van der Waals surface area contributed by atoms with Crippen molar-refractivity contribution in [2.75, 3.05) is 11.9 Å². The Morgan fingerprint density at radius 1 is 1.25 bits per heavy atom. The van der Waals surface area contributed by atoms with Gasteiger partial charge in [-0.1, -0.05) is 22.4 Å². The highest BCUT2D eigenvalue weighted by Crippen LogP contribution is 2.43. The Bertz CT molecular complexity index is 212. The molecule has 2 aliphatic rings. The van der Waals surface area contributed by atoms with E-state index in [1.165, 1.54) is 19.3 Å². The summed E-state index contributed by atoms with van der Waals surface area (Å²) >= 11 is 3.63. The molecule has 2 rings (SSSR count). The third kappa shape index (κ3) is 2.99. The average molecular weight is 291 g/mol. The zero-order valence-electron chi connectivity index (χ0n) is 10.4. The molecule has 2 atom stereocenters. The lowest BCUT2D eigenvalue weighted by Gasteiger charge is -2.42. The molecule has 0 bridgehead atoms. The summed E-state index contributed by atoms with van der Waals surface area (Å²) in [6.45, 7) is 5.23. The van der Waals surface area contributed by atoms with Gasteiger partial charge in [-0.2, -0.15) is 0 Å². The van der Waals surface area contributed by atoms with E-state index in [1.807, 2.05) is 0 Å². The monoisotopic (exact) mass is 290 g/mol. The van der Waals surface area contributed by atoms with E-state index >= 15 is 0 Å². The fraction of sp³-hybridized carbons (Fsp3) is 1.00. The van der Waals surface area contributed by atoms with Gasteiger partial charge in [0, 0.05) is 10.7 Å². The van der Waals surface area contributed by atoms with Gasteiger partial charge in [-0.25, -0.2) is 0 Å². The highest BCUT2D eigenvalue weighted by Gasteiger charge is 2.37. The molecule has 0 amide bonds. The molecule has 0 spiro atoms. The van der Waals surface area contributed by atoms with Crippen LogP contribution in [0.4, 0.5) is 0 Å².